The smallest absolute Gasteiger partial charge is 0.266 e. The lowest BCUT2D eigenvalue weighted by molar-refractivity contribution is 0.103. The van der Waals surface area contributed by atoms with Crippen molar-refractivity contribution in [2.75, 3.05) is 5.32 Å². The first-order valence-corrected chi connectivity index (χ1v) is 8.38. The highest BCUT2D eigenvalue weighted by molar-refractivity contribution is 7.21. The third kappa shape index (κ3) is 2.89. The molecule has 7 heteroatoms. The van der Waals surface area contributed by atoms with Crippen LogP contribution in [0.5, 0.6) is 0 Å². The summed E-state index contributed by atoms with van der Waals surface area (Å²) in [6.45, 7) is 1.83. The van der Waals surface area contributed by atoms with Crippen molar-refractivity contribution in [2.24, 2.45) is 0 Å². The van der Waals surface area contributed by atoms with Crippen molar-refractivity contribution in [2.45, 2.75) is 6.92 Å². The number of aromatic nitrogens is 3. The van der Waals surface area contributed by atoms with Gasteiger partial charge < -0.3 is 5.32 Å². The number of fused-ring (bicyclic) bond motifs is 1. The number of thiophene rings is 1. The van der Waals surface area contributed by atoms with E-state index in [1.54, 1.807) is 29.2 Å². The molecule has 1 N–H and O–H groups in total. The van der Waals surface area contributed by atoms with Crippen molar-refractivity contribution in [1.29, 1.82) is 0 Å². The third-order valence-corrected chi connectivity index (χ3v) is 5.18. The molecule has 0 atom stereocenters. The van der Waals surface area contributed by atoms with Crippen molar-refractivity contribution in [3.8, 4) is 5.69 Å². The minimum absolute atomic E-state index is 0.201. The Morgan fingerprint density at radius 3 is 2.72 bits per heavy atom. The normalized spacial score (nSPS) is 11.0. The van der Waals surface area contributed by atoms with Crippen molar-refractivity contribution in [3.05, 3.63) is 71.4 Å². The van der Waals surface area contributed by atoms with E-state index in [0.717, 1.165) is 21.3 Å². The Hall–Kier alpha value is -3.06. The van der Waals surface area contributed by atoms with E-state index >= 15 is 0 Å². The zero-order valence-electron chi connectivity index (χ0n) is 13.2. The molecule has 124 valence electrons. The SMILES string of the molecule is Cc1c(C(=O)Nc2ccc(-n3cncn3)cc2)sc2ccc(F)cc12. The van der Waals surface area contributed by atoms with Gasteiger partial charge >= 0.3 is 0 Å². The molecule has 0 saturated carbocycles. The maximum Gasteiger partial charge on any atom is 0.266 e. The predicted octanol–water partition coefficient (Wildman–Crippen LogP) is 4.18. The van der Waals surface area contributed by atoms with Gasteiger partial charge in [0.1, 0.15) is 18.5 Å². The standard InChI is InChI=1S/C18H13FN4OS/c1-11-15-8-12(19)2-7-16(15)25-17(11)18(24)22-13-3-5-14(6-4-13)23-10-20-9-21-23/h2-10H,1H3,(H,22,24). The summed E-state index contributed by atoms with van der Waals surface area (Å²) in [5, 5.41) is 7.71. The van der Waals surface area contributed by atoms with E-state index in [1.807, 2.05) is 19.1 Å². The highest BCUT2D eigenvalue weighted by atomic mass is 32.1. The molecule has 0 bridgehead atoms. The first-order chi connectivity index (χ1) is 12.1. The fourth-order valence-electron chi connectivity index (χ4n) is 2.64. The molecule has 2 heterocycles. The van der Waals surface area contributed by atoms with E-state index < -0.39 is 0 Å². The second-order valence-electron chi connectivity index (χ2n) is 5.54. The van der Waals surface area contributed by atoms with E-state index in [1.165, 1.54) is 29.8 Å². The van der Waals surface area contributed by atoms with Gasteiger partial charge in [0.05, 0.1) is 10.6 Å². The van der Waals surface area contributed by atoms with Gasteiger partial charge in [0.15, 0.2) is 0 Å². The summed E-state index contributed by atoms with van der Waals surface area (Å²) in [5.41, 5.74) is 2.32. The summed E-state index contributed by atoms with van der Waals surface area (Å²) < 4.78 is 15.9. The van der Waals surface area contributed by atoms with Gasteiger partial charge in [-0.2, -0.15) is 5.10 Å². The van der Waals surface area contributed by atoms with E-state index in [0.29, 0.717) is 10.6 Å². The lowest BCUT2D eigenvalue weighted by atomic mass is 10.1. The summed E-state index contributed by atoms with van der Waals surface area (Å²) >= 11 is 1.36. The molecule has 2 aromatic heterocycles. The number of hydrogen-bond acceptors (Lipinski definition) is 4. The lowest BCUT2D eigenvalue weighted by Gasteiger charge is -2.06. The molecule has 2 aromatic carbocycles. The number of nitrogens with one attached hydrogen (secondary N) is 1. The Balaban J connectivity index is 1.59. The number of halogens is 1. The average Bonchev–Trinajstić information content (AvgIpc) is 3.25. The van der Waals surface area contributed by atoms with Crippen LogP contribution in [-0.4, -0.2) is 20.7 Å². The topological polar surface area (TPSA) is 59.8 Å². The van der Waals surface area contributed by atoms with Crippen LogP contribution in [0.25, 0.3) is 15.8 Å². The van der Waals surface area contributed by atoms with Crippen LogP contribution in [0.15, 0.2) is 55.1 Å². The molecule has 0 aliphatic rings. The summed E-state index contributed by atoms with van der Waals surface area (Å²) in [6, 6.07) is 11.9. The predicted molar refractivity (Wildman–Crippen MR) is 95.8 cm³/mol. The van der Waals surface area contributed by atoms with Gasteiger partial charge in [-0.05, 0) is 60.3 Å². The maximum atomic E-state index is 13.4. The molecule has 0 unspecified atom stereocenters. The van der Waals surface area contributed by atoms with Crippen LogP contribution in [0.4, 0.5) is 10.1 Å². The number of benzene rings is 2. The zero-order valence-corrected chi connectivity index (χ0v) is 14.0. The van der Waals surface area contributed by atoms with Gasteiger partial charge in [0.2, 0.25) is 0 Å². The molecule has 0 saturated heterocycles. The summed E-state index contributed by atoms with van der Waals surface area (Å²) in [6.07, 6.45) is 3.07. The first kappa shape index (κ1) is 15.5. The van der Waals surface area contributed by atoms with Gasteiger partial charge in [0, 0.05) is 10.4 Å². The molecule has 5 nitrogen and oxygen atoms in total. The van der Waals surface area contributed by atoms with E-state index in [-0.39, 0.29) is 11.7 Å². The van der Waals surface area contributed by atoms with Crippen LogP contribution in [0.2, 0.25) is 0 Å². The Morgan fingerprint density at radius 1 is 1.20 bits per heavy atom. The van der Waals surface area contributed by atoms with Crippen LogP contribution in [-0.2, 0) is 0 Å². The summed E-state index contributed by atoms with van der Waals surface area (Å²) in [4.78, 5) is 17.1. The van der Waals surface area contributed by atoms with Crippen molar-refractivity contribution in [3.63, 3.8) is 0 Å². The Kier molecular flexibility index (Phi) is 3.77. The van der Waals surface area contributed by atoms with E-state index in [9.17, 15) is 9.18 Å². The fraction of sp³-hybridized carbons (Fsp3) is 0.0556. The number of rotatable bonds is 3. The molecule has 0 radical (unpaired) electrons. The molecule has 0 spiro atoms. The fourth-order valence-corrected chi connectivity index (χ4v) is 3.72. The van der Waals surface area contributed by atoms with Gasteiger partial charge in [-0.25, -0.2) is 14.1 Å². The largest absolute Gasteiger partial charge is 0.321 e. The Bertz CT molecular complexity index is 1050. The summed E-state index contributed by atoms with van der Waals surface area (Å²) in [7, 11) is 0. The number of hydrogen-bond donors (Lipinski definition) is 1. The molecule has 0 fully saturated rings. The third-order valence-electron chi connectivity index (χ3n) is 3.91. The summed E-state index contributed by atoms with van der Waals surface area (Å²) in [5.74, 6) is -0.503. The monoisotopic (exact) mass is 352 g/mol. The first-order valence-electron chi connectivity index (χ1n) is 7.57. The average molecular weight is 352 g/mol. The number of nitrogens with zero attached hydrogens (tertiary/aromatic N) is 3. The van der Waals surface area contributed by atoms with Crippen molar-refractivity contribution >= 4 is 33.0 Å². The molecular formula is C18H13FN4OS. The van der Waals surface area contributed by atoms with Crippen LogP contribution >= 0.6 is 11.3 Å². The number of carbonyl (C=O) groups excluding carboxylic acids is 1. The van der Waals surface area contributed by atoms with Crippen LogP contribution < -0.4 is 5.32 Å². The van der Waals surface area contributed by atoms with E-state index in [2.05, 4.69) is 15.4 Å². The van der Waals surface area contributed by atoms with Gasteiger partial charge in [0.25, 0.3) is 5.91 Å². The van der Waals surface area contributed by atoms with Gasteiger partial charge in [-0.15, -0.1) is 11.3 Å². The minimum Gasteiger partial charge on any atom is -0.321 e. The van der Waals surface area contributed by atoms with Gasteiger partial charge in [-0.1, -0.05) is 0 Å². The van der Waals surface area contributed by atoms with Crippen LogP contribution in [0.1, 0.15) is 15.2 Å². The number of anilines is 1. The van der Waals surface area contributed by atoms with Crippen LogP contribution in [0.3, 0.4) is 0 Å². The van der Waals surface area contributed by atoms with Crippen molar-refractivity contribution < 1.29 is 9.18 Å². The Labute approximate surface area is 146 Å². The molecule has 0 aliphatic carbocycles. The van der Waals surface area contributed by atoms with Gasteiger partial charge in [-0.3, -0.25) is 4.79 Å². The molecule has 1 amide bonds. The van der Waals surface area contributed by atoms with Crippen molar-refractivity contribution in [1.82, 2.24) is 14.8 Å². The molecule has 4 rings (SSSR count). The number of amides is 1. The minimum atomic E-state index is -0.302. The molecule has 25 heavy (non-hydrogen) atoms. The second kappa shape index (κ2) is 6.10. The van der Waals surface area contributed by atoms with E-state index in [4.69, 9.17) is 0 Å². The molecule has 4 aromatic rings. The van der Waals surface area contributed by atoms with Crippen LogP contribution in [0, 0.1) is 12.7 Å². The maximum absolute atomic E-state index is 13.4. The molecular weight excluding hydrogens is 339 g/mol. The zero-order chi connectivity index (χ0) is 17.4. The lowest BCUT2D eigenvalue weighted by Crippen LogP contribution is -2.11. The number of carbonyl (C=O) groups is 1. The highest BCUT2D eigenvalue weighted by Crippen LogP contribution is 2.31. The highest BCUT2D eigenvalue weighted by Gasteiger charge is 2.16. The quantitative estimate of drug-likeness (QED) is 0.602. The second-order valence-corrected chi connectivity index (χ2v) is 6.59. The number of aryl methyl sites for hydroxylation is 1. The molecule has 0 aliphatic heterocycles. The Morgan fingerprint density at radius 2 is 2.00 bits per heavy atom.